The second-order valence-corrected chi connectivity index (χ2v) is 4.01. The maximum atomic E-state index is 9.79. The standard InChI is InChI=1S/C12H8O7/c13-4-2-1-3-5-7(15)8(16)9(17)10(18)12(5)19-11(3)6(4)14/h1-2,13-18H. The first kappa shape index (κ1) is 11.1. The summed E-state index contributed by atoms with van der Waals surface area (Å²) in [7, 11) is 0. The lowest BCUT2D eigenvalue weighted by molar-refractivity contribution is 0.348. The molecule has 98 valence electrons. The van der Waals surface area contributed by atoms with Crippen LogP contribution in [0.5, 0.6) is 34.5 Å². The maximum absolute atomic E-state index is 9.79. The van der Waals surface area contributed by atoms with Crippen LogP contribution >= 0.6 is 0 Å². The van der Waals surface area contributed by atoms with Crippen molar-refractivity contribution in [2.75, 3.05) is 0 Å². The topological polar surface area (TPSA) is 135 Å². The van der Waals surface area contributed by atoms with Gasteiger partial charge in [-0.2, -0.15) is 0 Å². The molecule has 0 aliphatic carbocycles. The van der Waals surface area contributed by atoms with E-state index in [0.717, 1.165) is 6.07 Å². The predicted molar refractivity (Wildman–Crippen MR) is 63.7 cm³/mol. The number of hydrogen-bond acceptors (Lipinski definition) is 7. The lowest BCUT2D eigenvalue weighted by Gasteiger charge is -2.04. The molecule has 7 nitrogen and oxygen atoms in total. The Morgan fingerprint density at radius 1 is 0.632 bits per heavy atom. The first-order valence-corrected chi connectivity index (χ1v) is 5.16. The van der Waals surface area contributed by atoms with Gasteiger partial charge >= 0.3 is 0 Å². The quantitative estimate of drug-likeness (QED) is 0.269. The van der Waals surface area contributed by atoms with Gasteiger partial charge < -0.3 is 35.1 Å². The number of hydrogen-bond donors (Lipinski definition) is 6. The van der Waals surface area contributed by atoms with E-state index in [4.69, 9.17) is 4.42 Å². The van der Waals surface area contributed by atoms with E-state index in [-0.39, 0.29) is 21.9 Å². The summed E-state index contributed by atoms with van der Waals surface area (Å²) in [4.78, 5) is 0. The lowest BCUT2D eigenvalue weighted by atomic mass is 10.1. The fraction of sp³-hybridized carbons (Fsp3) is 0. The molecule has 0 spiro atoms. The van der Waals surface area contributed by atoms with Gasteiger partial charge in [0, 0.05) is 5.39 Å². The van der Waals surface area contributed by atoms with Gasteiger partial charge in [-0.1, -0.05) is 0 Å². The first-order chi connectivity index (χ1) is 8.93. The molecule has 0 saturated heterocycles. The molecule has 19 heavy (non-hydrogen) atoms. The molecular formula is C12H8O7. The van der Waals surface area contributed by atoms with E-state index >= 15 is 0 Å². The molecule has 3 aromatic rings. The third-order valence-corrected chi connectivity index (χ3v) is 2.94. The SMILES string of the molecule is Oc1ccc2c(oc3c(O)c(O)c(O)c(O)c32)c1O. The van der Waals surface area contributed by atoms with Crippen LogP contribution in [0.3, 0.4) is 0 Å². The molecule has 0 unspecified atom stereocenters. The van der Waals surface area contributed by atoms with Crippen LogP contribution in [0.15, 0.2) is 16.5 Å². The molecular weight excluding hydrogens is 256 g/mol. The van der Waals surface area contributed by atoms with Gasteiger partial charge in [-0.3, -0.25) is 0 Å². The van der Waals surface area contributed by atoms with Crippen LogP contribution in [0.2, 0.25) is 0 Å². The molecule has 0 radical (unpaired) electrons. The highest BCUT2D eigenvalue weighted by molar-refractivity contribution is 6.13. The minimum atomic E-state index is -0.937. The lowest BCUT2D eigenvalue weighted by Crippen LogP contribution is -1.76. The van der Waals surface area contributed by atoms with Gasteiger partial charge in [0.2, 0.25) is 23.0 Å². The average molecular weight is 264 g/mol. The Labute approximate surface area is 104 Å². The highest BCUT2D eigenvalue weighted by Gasteiger charge is 2.25. The highest BCUT2D eigenvalue weighted by atomic mass is 16.4. The van der Waals surface area contributed by atoms with Crippen LogP contribution in [0.1, 0.15) is 0 Å². The number of fused-ring (bicyclic) bond motifs is 3. The van der Waals surface area contributed by atoms with Gasteiger partial charge in [-0.25, -0.2) is 0 Å². The zero-order valence-electron chi connectivity index (χ0n) is 9.25. The van der Waals surface area contributed by atoms with Crippen LogP contribution in [0, 0.1) is 0 Å². The van der Waals surface area contributed by atoms with Crippen molar-refractivity contribution in [2.24, 2.45) is 0 Å². The molecule has 2 aromatic carbocycles. The fourth-order valence-corrected chi connectivity index (χ4v) is 1.99. The molecule has 6 N–H and O–H groups in total. The molecule has 0 fully saturated rings. The summed E-state index contributed by atoms with van der Waals surface area (Å²) >= 11 is 0. The summed E-state index contributed by atoms with van der Waals surface area (Å²) in [5.41, 5.74) is -0.505. The average Bonchev–Trinajstić information content (AvgIpc) is 2.78. The van der Waals surface area contributed by atoms with E-state index in [0.29, 0.717) is 0 Å². The van der Waals surface area contributed by atoms with E-state index in [2.05, 4.69) is 0 Å². The Morgan fingerprint density at radius 2 is 1.26 bits per heavy atom. The summed E-state index contributed by atoms with van der Waals surface area (Å²) in [6.45, 7) is 0. The van der Waals surface area contributed by atoms with Crippen molar-refractivity contribution in [2.45, 2.75) is 0 Å². The van der Waals surface area contributed by atoms with Gasteiger partial charge in [-0.05, 0) is 12.1 Å². The number of phenols is 6. The molecule has 0 aliphatic heterocycles. The normalized spacial score (nSPS) is 11.4. The molecule has 0 aliphatic rings. The number of phenolic OH excluding ortho intramolecular Hbond substituents is 6. The second-order valence-electron chi connectivity index (χ2n) is 4.01. The molecule has 1 aromatic heterocycles. The molecule has 7 heteroatoms. The molecule has 3 rings (SSSR count). The van der Waals surface area contributed by atoms with Gasteiger partial charge in [0.25, 0.3) is 0 Å². The second kappa shape index (κ2) is 3.29. The first-order valence-electron chi connectivity index (χ1n) is 5.16. The van der Waals surface area contributed by atoms with Gasteiger partial charge in [0.1, 0.15) is 0 Å². The summed E-state index contributed by atoms with van der Waals surface area (Å²) in [5, 5.41) is 57.4. The van der Waals surface area contributed by atoms with Crippen molar-refractivity contribution in [3.63, 3.8) is 0 Å². The number of furan rings is 1. The Balaban J connectivity index is 2.66. The summed E-state index contributed by atoms with van der Waals surface area (Å²) in [6, 6.07) is 2.49. The monoisotopic (exact) mass is 264 g/mol. The van der Waals surface area contributed by atoms with Gasteiger partial charge in [-0.15, -0.1) is 0 Å². The van der Waals surface area contributed by atoms with Crippen LogP contribution in [0.4, 0.5) is 0 Å². The third kappa shape index (κ3) is 1.21. The smallest absolute Gasteiger partial charge is 0.208 e. The molecule has 0 saturated carbocycles. The van der Waals surface area contributed by atoms with Crippen molar-refractivity contribution in [3.05, 3.63) is 12.1 Å². The van der Waals surface area contributed by atoms with Crippen LogP contribution in [-0.4, -0.2) is 30.6 Å². The Bertz CT molecular complexity index is 832. The Hall–Kier alpha value is -2.96. The van der Waals surface area contributed by atoms with Crippen LogP contribution in [0.25, 0.3) is 21.9 Å². The predicted octanol–water partition coefficient (Wildman–Crippen LogP) is 1.82. The zero-order chi connectivity index (χ0) is 13.9. The Kier molecular flexibility index (Phi) is 1.93. The molecule has 0 amide bonds. The van der Waals surface area contributed by atoms with E-state index in [9.17, 15) is 30.6 Å². The molecule has 0 atom stereocenters. The van der Waals surface area contributed by atoms with Crippen molar-refractivity contribution in [1.29, 1.82) is 0 Å². The third-order valence-electron chi connectivity index (χ3n) is 2.94. The molecule has 0 bridgehead atoms. The summed E-state index contributed by atoms with van der Waals surface area (Å²) in [5.74, 6) is -4.34. The minimum absolute atomic E-state index is 0.0851. The summed E-state index contributed by atoms with van der Waals surface area (Å²) < 4.78 is 5.12. The van der Waals surface area contributed by atoms with E-state index in [1.54, 1.807) is 0 Å². The number of benzene rings is 2. The maximum Gasteiger partial charge on any atom is 0.208 e. The van der Waals surface area contributed by atoms with Crippen LogP contribution < -0.4 is 0 Å². The summed E-state index contributed by atoms with van der Waals surface area (Å²) in [6.07, 6.45) is 0. The fourth-order valence-electron chi connectivity index (χ4n) is 1.99. The minimum Gasteiger partial charge on any atom is -0.504 e. The Morgan fingerprint density at radius 3 is 1.95 bits per heavy atom. The highest BCUT2D eigenvalue weighted by Crippen LogP contribution is 2.53. The van der Waals surface area contributed by atoms with E-state index in [1.807, 2.05) is 0 Å². The zero-order valence-corrected chi connectivity index (χ0v) is 9.25. The van der Waals surface area contributed by atoms with Gasteiger partial charge in [0.05, 0.1) is 5.39 Å². The molecule has 1 heterocycles. The van der Waals surface area contributed by atoms with Crippen molar-refractivity contribution < 1.29 is 35.1 Å². The van der Waals surface area contributed by atoms with Crippen molar-refractivity contribution in [1.82, 2.24) is 0 Å². The largest absolute Gasteiger partial charge is 0.504 e. The van der Waals surface area contributed by atoms with Crippen molar-refractivity contribution in [3.8, 4) is 34.5 Å². The van der Waals surface area contributed by atoms with E-state index in [1.165, 1.54) is 6.07 Å². The van der Waals surface area contributed by atoms with E-state index < -0.39 is 34.5 Å². The van der Waals surface area contributed by atoms with Crippen molar-refractivity contribution >= 4 is 21.9 Å². The van der Waals surface area contributed by atoms with Gasteiger partial charge in [0.15, 0.2) is 22.7 Å². The number of aromatic hydroxyl groups is 6. The van der Waals surface area contributed by atoms with Crippen LogP contribution in [-0.2, 0) is 0 Å². The number of rotatable bonds is 0.